The summed E-state index contributed by atoms with van der Waals surface area (Å²) < 4.78 is 0. The quantitative estimate of drug-likeness (QED) is 0.799. The second-order valence-corrected chi connectivity index (χ2v) is 6.01. The molecule has 0 aliphatic heterocycles. The third kappa shape index (κ3) is 4.06. The van der Waals surface area contributed by atoms with Crippen LogP contribution < -0.4 is 5.32 Å². The molecule has 2 aromatic rings. The van der Waals surface area contributed by atoms with Gasteiger partial charge in [-0.3, -0.25) is 0 Å². The summed E-state index contributed by atoms with van der Waals surface area (Å²) in [5, 5.41) is 6.16. The van der Waals surface area contributed by atoms with E-state index in [-0.39, 0.29) is 0 Å². The summed E-state index contributed by atoms with van der Waals surface area (Å²) in [6, 6.07) is 4.55. The maximum absolute atomic E-state index is 6.15. The first-order valence-corrected chi connectivity index (χ1v) is 7.96. The van der Waals surface area contributed by atoms with Gasteiger partial charge in [-0.1, -0.05) is 31.0 Å². The number of nitrogens with zero attached hydrogens (tertiary/aromatic N) is 1. The zero-order valence-corrected chi connectivity index (χ0v) is 12.9. The summed E-state index contributed by atoms with van der Waals surface area (Å²) in [5.41, 5.74) is 0.983. The minimum Gasteiger partial charge on any atom is -0.344 e. The monoisotopic (exact) mass is 297 g/mol. The van der Waals surface area contributed by atoms with Crippen LogP contribution >= 0.6 is 22.9 Å². The lowest BCUT2D eigenvalue weighted by Crippen LogP contribution is -2.17. The van der Waals surface area contributed by atoms with E-state index in [1.807, 2.05) is 0 Å². The Bertz CT molecular complexity index is 493. The highest BCUT2D eigenvalue weighted by Gasteiger charge is 2.10. The molecule has 0 amide bonds. The van der Waals surface area contributed by atoms with Crippen molar-refractivity contribution >= 4 is 22.9 Å². The van der Waals surface area contributed by atoms with Crippen LogP contribution in [0.5, 0.6) is 0 Å². The summed E-state index contributed by atoms with van der Waals surface area (Å²) in [6.45, 7) is 5.06. The molecule has 2 heterocycles. The van der Waals surface area contributed by atoms with Crippen molar-refractivity contribution in [2.75, 3.05) is 0 Å². The molecule has 2 aromatic heterocycles. The molecular weight excluding hydrogens is 278 g/mol. The van der Waals surface area contributed by atoms with Gasteiger partial charge < -0.3 is 10.3 Å². The van der Waals surface area contributed by atoms with Gasteiger partial charge in [-0.25, -0.2) is 4.98 Å². The van der Waals surface area contributed by atoms with Crippen molar-refractivity contribution in [2.45, 2.75) is 45.7 Å². The van der Waals surface area contributed by atoms with Crippen LogP contribution in [0.3, 0.4) is 0 Å². The molecule has 0 saturated heterocycles. The van der Waals surface area contributed by atoms with Crippen LogP contribution in [0.2, 0.25) is 5.15 Å². The number of aryl methyl sites for hydroxylation is 1. The third-order valence-electron chi connectivity index (χ3n) is 3.10. The minimum atomic E-state index is 0.332. The van der Waals surface area contributed by atoms with E-state index >= 15 is 0 Å². The topological polar surface area (TPSA) is 40.7 Å². The van der Waals surface area contributed by atoms with Crippen LogP contribution in [0.15, 0.2) is 17.5 Å². The van der Waals surface area contributed by atoms with Crippen LogP contribution in [-0.4, -0.2) is 9.97 Å². The normalized spacial score (nSPS) is 12.8. The number of thiophene rings is 1. The molecule has 0 bridgehead atoms. The van der Waals surface area contributed by atoms with Crippen molar-refractivity contribution in [1.29, 1.82) is 0 Å². The zero-order valence-electron chi connectivity index (χ0n) is 11.4. The summed E-state index contributed by atoms with van der Waals surface area (Å²) in [5.74, 6) is 0.993. The van der Waals surface area contributed by atoms with Crippen LogP contribution in [0.4, 0.5) is 0 Å². The number of hydrogen-bond donors (Lipinski definition) is 2. The van der Waals surface area contributed by atoms with Crippen molar-refractivity contribution < 1.29 is 0 Å². The van der Waals surface area contributed by atoms with E-state index in [4.69, 9.17) is 11.6 Å². The van der Waals surface area contributed by atoms with Gasteiger partial charge in [0.1, 0.15) is 5.82 Å². The van der Waals surface area contributed by atoms with E-state index in [1.165, 1.54) is 11.3 Å². The smallest absolute Gasteiger partial charge is 0.151 e. The van der Waals surface area contributed by atoms with Gasteiger partial charge in [0, 0.05) is 23.9 Å². The van der Waals surface area contributed by atoms with Crippen molar-refractivity contribution in [3.63, 3.8) is 0 Å². The van der Waals surface area contributed by atoms with Gasteiger partial charge in [-0.05, 0) is 24.8 Å². The van der Waals surface area contributed by atoms with Gasteiger partial charge in [0.25, 0.3) is 0 Å². The number of rotatable bonds is 7. The van der Waals surface area contributed by atoms with Crippen LogP contribution in [0.25, 0.3) is 0 Å². The Kier molecular flexibility index (Phi) is 5.43. The molecule has 0 saturated carbocycles. The molecule has 3 nitrogen and oxygen atoms in total. The summed E-state index contributed by atoms with van der Waals surface area (Å²) in [6.07, 6.45) is 3.28. The number of imidazole rings is 1. The number of aromatic nitrogens is 2. The number of H-pyrrole nitrogens is 1. The van der Waals surface area contributed by atoms with Gasteiger partial charge >= 0.3 is 0 Å². The van der Waals surface area contributed by atoms with Crippen molar-refractivity contribution in [3.8, 4) is 0 Å². The molecule has 0 aromatic carbocycles. The molecule has 2 rings (SSSR count). The van der Waals surface area contributed by atoms with Crippen molar-refractivity contribution in [3.05, 3.63) is 39.1 Å². The van der Waals surface area contributed by atoms with E-state index in [9.17, 15) is 0 Å². The number of unbranched alkanes of at least 4 members (excludes halogenated alkanes) is 1. The second-order valence-electron chi connectivity index (χ2n) is 4.67. The third-order valence-corrected chi connectivity index (χ3v) is 4.47. The lowest BCUT2D eigenvalue weighted by atomic mass is 10.2. The van der Waals surface area contributed by atoms with E-state index in [1.54, 1.807) is 11.3 Å². The maximum Gasteiger partial charge on any atom is 0.151 e. The number of aromatic amines is 1. The van der Waals surface area contributed by atoms with Gasteiger partial charge in [-0.2, -0.15) is 0 Å². The Labute approximate surface area is 123 Å². The van der Waals surface area contributed by atoms with Crippen molar-refractivity contribution in [2.24, 2.45) is 0 Å². The highest BCUT2D eigenvalue weighted by atomic mass is 35.5. The van der Waals surface area contributed by atoms with Gasteiger partial charge in [0.05, 0.1) is 5.69 Å². The maximum atomic E-state index is 6.15. The van der Waals surface area contributed by atoms with Crippen LogP contribution in [-0.2, 0) is 13.0 Å². The van der Waals surface area contributed by atoms with Gasteiger partial charge in [-0.15, -0.1) is 11.3 Å². The van der Waals surface area contributed by atoms with E-state index in [0.717, 1.165) is 30.9 Å². The molecule has 0 spiro atoms. The Balaban J connectivity index is 1.90. The second kappa shape index (κ2) is 7.08. The lowest BCUT2D eigenvalue weighted by molar-refractivity contribution is 0.576. The first-order valence-electron chi connectivity index (χ1n) is 6.70. The molecule has 0 unspecified atom stereocenters. The van der Waals surface area contributed by atoms with Crippen molar-refractivity contribution in [1.82, 2.24) is 15.3 Å². The molecule has 5 heteroatoms. The first kappa shape index (κ1) is 14.6. The molecule has 19 heavy (non-hydrogen) atoms. The molecule has 1 atom stereocenters. The molecule has 0 aliphatic carbocycles. The fraction of sp³-hybridized carbons (Fsp3) is 0.500. The molecule has 0 aliphatic rings. The SMILES string of the molecule is CCCCc1nc(Cl)c(CN[C@@H](C)c2cccs2)[nH]1. The predicted octanol–water partition coefficient (Wildman–Crippen LogP) is 4.32. The lowest BCUT2D eigenvalue weighted by Gasteiger charge is -2.11. The van der Waals surface area contributed by atoms with E-state index in [0.29, 0.717) is 11.2 Å². The zero-order chi connectivity index (χ0) is 13.7. The summed E-state index contributed by atoms with van der Waals surface area (Å²) >= 11 is 7.92. The summed E-state index contributed by atoms with van der Waals surface area (Å²) in [4.78, 5) is 9.01. The predicted molar refractivity (Wildman–Crippen MR) is 81.8 cm³/mol. The fourth-order valence-electron chi connectivity index (χ4n) is 1.91. The van der Waals surface area contributed by atoms with Crippen LogP contribution in [0.1, 0.15) is 49.1 Å². The Morgan fingerprint density at radius 2 is 2.37 bits per heavy atom. The van der Waals surface area contributed by atoms with Gasteiger partial charge in [0.15, 0.2) is 5.15 Å². The fourth-order valence-corrected chi connectivity index (χ4v) is 2.89. The molecule has 2 N–H and O–H groups in total. The summed E-state index contributed by atoms with van der Waals surface area (Å²) in [7, 11) is 0. The van der Waals surface area contributed by atoms with E-state index in [2.05, 4.69) is 46.6 Å². The van der Waals surface area contributed by atoms with E-state index < -0.39 is 0 Å². The Hall–Kier alpha value is -0.840. The molecule has 0 fully saturated rings. The highest BCUT2D eigenvalue weighted by Crippen LogP contribution is 2.20. The minimum absolute atomic E-state index is 0.332. The molecular formula is C14H20ClN3S. The Morgan fingerprint density at radius 3 is 3.05 bits per heavy atom. The number of hydrogen-bond acceptors (Lipinski definition) is 3. The average Bonchev–Trinajstić information content (AvgIpc) is 3.03. The van der Waals surface area contributed by atoms with Crippen LogP contribution in [0, 0.1) is 0 Å². The standard InChI is InChI=1S/C14H20ClN3S/c1-3-4-7-13-17-11(14(15)18-13)9-16-10(2)12-6-5-8-19-12/h5-6,8,10,16H,3-4,7,9H2,1-2H3,(H,17,18)/t10-/m0/s1. The number of halogens is 1. The van der Waals surface area contributed by atoms with Gasteiger partial charge in [0.2, 0.25) is 0 Å². The highest BCUT2D eigenvalue weighted by molar-refractivity contribution is 7.10. The molecule has 104 valence electrons. The molecule has 0 radical (unpaired) electrons. The first-order chi connectivity index (χ1) is 9.20. The average molecular weight is 298 g/mol. The largest absolute Gasteiger partial charge is 0.344 e. The Morgan fingerprint density at radius 1 is 1.53 bits per heavy atom. The number of nitrogens with one attached hydrogen (secondary N) is 2.